The molecule has 0 aromatic heterocycles. The van der Waals surface area contributed by atoms with Crippen LogP contribution >= 0.6 is 0 Å². The Kier molecular flexibility index (Phi) is 6.97. The van der Waals surface area contributed by atoms with E-state index in [4.69, 9.17) is 4.74 Å². The molecule has 1 aliphatic rings. The van der Waals surface area contributed by atoms with E-state index in [1.54, 1.807) is 48.3 Å². The van der Waals surface area contributed by atoms with Gasteiger partial charge in [-0.1, -0.05) is 18.2 Å². The van der Waals surface area contributed by atoms with Gasteiger partial charge in [0.25, 0.3) is 5.91 Å². The zero-order valence-electron chi connectivity index (χ0n) is 16.3. The summed E-state index contributed by atoms with van der Waals surface area (Å²) in [6.07, 6.45) is 2.97. The number of urea groups is 1. The molecule has 0 saturated carbocycles. The normalized spacial score (nSPS) is 13.4. The molecule has 1 aliphatic heterocycles. The first-order chi connectivity index (χ1) is 14.0. The maximum Gasteiger partial charge on any atom is 0.321 e. The molecule has 3 rings (SSSR count). The average molecular weight is 397 g/mol. The zero-order chi connectivity index (χ0) is 20.6. The number of likely N-dealkylation sites (N-methyl/N-ethyl adjacent to an activating group) is 1. The van der Waals surface area contributed by atoms with Crippen LogP contribution in [0.25, 0.3) is 0 Å². The summed E-state index contributed by atoms with van der Waals surface area (Å²) in [5.41, 5.74) is 2.97. The second-order valence-electron chi connectivity index (χ2n) is 6.88. The number of carbonyl (C=O) groups excluding carboxylic acids is 2. The Morgan fingerprint density at radius 1 is 1.10 bits per heavy atom. The molecular weight excluding hydrogens is 373 g/mol. The van der Waals surface area contributed by atoms with E-state index >= 15 is 0 Å². The molecule has 0 spiro atoms. The molecule has 152 valence electrons. The third kappa shape index (κ3) is 6.15. The van der Waals surface area contributed by atoms with E-state index < -0.39 is 0 Å². The number of hydrogen-bond acceptors (Lipinski definition) is 3. The average Bonchev–Trinajstić information content (AvgIpc) is 2.74. The molecule has 0 aliphatic carbocycles. The molecular formula is C22H24FN3O3. The smallest absolute Gasteiger partial charge is 0.321 e. The van der Waals surface area contributed by atoms with Crippen LogP contribution in [-0.4, -0.2) is 43.6 Å². The maximum atomic E-state index is 12.9. The standard InChI is InChI=1S/C22H24FN3O3/c1-26(14-17-3-2-12-29-15-17)22(28)25-20-10-6-18(7-11-20)21(27)24-13-16-4-8-19(23)9-5-16/h3-11H,2,12-15H2,1H3,(H,24,27)(H,25,28). The molecule has 29 heavy (non-hydrogen) atoms. The zero-order valence-corrected chi connectivity index (χ0v) is 16.3. The van der Waals surface area contributed by atoms with Crippen LogP contribution in [0.15, 0.2) is 60.2 Å². The molecule has 0 saturated heterocycles. The molecule has 0 unspecified atom stereocenters. The van der Waals surface area contributed by atoms with Gasteiger partial charge in [-0.05, 0) is 54.0 Å². The lowest BCUT2D eigenvalue weighted by Crippen LogP contribution is -2.34. The lowest BCUT2D eigenvalue weighted by molar-refractivity contribution is 0.0951. The highest BCUT2D eigenvalue weighted by atomic mass is 19.1. The molecule has 2 aromatic rings. The van der Waals surface area contributed by atoms with Crippen molar-refractivity contribution in [1.29, 1.82) is 0 Å². The molecule has 6 nitrogen and oxygen atoms in total. The summed E-state index contributed by atoms with van der Waals surface area (Å²) >= 11 is 0. The van der Waals surface area contributed by atoms with E-state index in [2.05, 4.69) is 16.7 Å². The minimum Gasteiger partial charge on any atom is -0.377 e. The number of hydrogen-bond donors (Lipinski definition) is 2. The van der Waals surface area contributed by atoms with Gasteiger partial charge in [-0.25, -0.2) is 9.18 Å². The van der Waals surface area contributed by atoms with Gasteiger partial charge < -0.3 is 20.3 Å². The van der Waals surface area contributed by atoms with Gasteiger partial charge >= 0.3 is 6.03 Å². The first-order valence-corrected chi connectivity index (χ1v) is 9.42. The lowest BCUT2D eigenvalue weighted by Gasteiger charge is -2.21. The highest BCUT2D eigenvalue weighted by Crippen LogP contribution is 2.12. The second kappa shape index (κ2) is 9.84. The van der Waals surface area contributed by atoms with Crippen molar-refractivity contribution in [1.82, 2.24) is 10.2 Å². The molecule has 7 heteroatoms. The number of halogens is 1. The molecule has 0 bridgehead atoms. The number of anilines is 1. The molecule has 0 atom stereocenters. The number of benzene rings is 2. The predicted molar refractivity (Wildman–Crippen MR) is 109 cm³/mol. The highest BCUT2D eigenvalue weighted by Gasteiger charge is 2.13. The fourth-order valence-electron chi connectivity index (χ4n) is 2.91. The van der Waals surface area contributed by atoms with Crippen LogP contribution < -0.4 is 10.6 Å². The van der Waals surface area contributed by atoms with Gasteiger partial charge in [0.05, 0.1) is 13.2 Å². The van der Waals surface area contributed by atoms with E-state index in [1.165, 1.54) is 12.1 Å². The van der Waals surface area contributed by atoms with Gasteiger partial charge in [0, 0.05) is 31.4 Å². The van der Waals surface area contributed by atoms with Crippen LogP contribution in [0.2, 0.25) is 0 Å². The SMILES string of the molecule is CN(CC1=CCCOC1)C(=O)Nc1ccc(C(=O)NCc2ccc(F)cc2)cc1. The van der Waals surface area contributed by atoms with Crippen LogP contribution in [0.5, 0.6) is 0 Å². The Morgan fingerprint density at radius 3 is 2.48 bits per heavy atom. The number of rotatable bonds is 6. The van der Waals surface area contributed by atoms with Crippen LogP contribution in [0.3, 0.4) is 0 Å². The van der Waals surface area contributed by atoms with Crippen LogP contribution in [-0.2, 0) is 11.3 Å². The van der Waals surface area contributed by atoms with Crippen molar-refractivity contribution in [2.75, 3.05) is 32.1 Å². The molecule has 3 amide bonds. The summed E-state index contributed by atoms with van der Waals surface area (Å²) < 4.78 is 18.3. The minimum atomic E-state index is -0.313. The van der Waals surface area contributed by atoms with E-state index in [9.17, 15) is 14.0 Å². The summed E-state index contributed by atoms with van der Waals surface area (Å²) in [6.45, 7) is 2.10. The van der Waals surface area contributed by atoms with Crippen molar-refractivity contribution < 1.29 is 18.7 Å². The quantitative estimate of drug-likeness (QED) is 0.732. The van der Waals surface area contributed by atoms with Gasteiger partial charge in [0.1, 0.15) is 5.82 Å². The topological polar surface area (TPSA) is 70.7 Å². The van der Waals surface area contributed by atoms with E-state index in [1.807, 2.05) is 0 Å². The molecule has 2 aromatic carbocycles. The van der Waals surface area contributed by atoms with E-state index in [0.717, 1.165) is 24.2 Å². The Bertz CT molecular complexity index is 879. The monoisotopic (exact) mass is 397 g/mol. The number of nitrogens with zero attached hydrogens (tertiary/aromatic N) is 1. The van der Waals surface area contributed by atoms with Gasteiger partial charge in [-0.15, -0.1) is 0 Å². The van der Waals surface area contributed by atoms with Gasteiger partial charge in [0.15, 0.2) is 0 Å². The molecule has 0 radical (unpaired) electrons. The fourth-order valence-corrected chi connectivity index (χ4v) is 2.91. The van der Waals surface area contributed by atoms with Crippen molar-refractivity contribution in [2.24, 2.45) is 0 Å². The van der Waals surface area contributed by atoms with Crippen molar-refractivity contribution in [3.63, 3.8) is 0 Å². The van der Waals surface area contributed by atoms with Gasteiger partial charge in [-0.2, -0.15) is 0 Å². The van der Waals surface area contributed by atoms with Crippen LogP contribution in [0.1, 0.15) is 22.3 Å². The Morgan fingerprint density at radius 2 is 1.83 bits per heavy atom. The maximum absolute atomic E-state index is 12.9. The predicted octanol–water partition coefficient (Wildman–Crippen LogP) is 3.57. The lowest BCUT2D eigenvalue weighted by atomic mass is 10.1. The summed E-state index contributed by atoms with van der Waals surface area (Å²) in [4.78, 5) is 26.2. The summed E-state index contributed by atoms with van der Waals surface area (Å²) in [6, 6.07) is 12.4. The van der Waals surface area contributed by atoms with Crippen LogP contribution in [0.4, 0.5) is 14.9 Å². The summed E-state index contributed by atoms with van der Waals surface area (Å²) in [5.74, 6) is -0.555. The van der Waals surface area contributed by atoms with E-state index in [-0.39, 0.29) is 17.8 Å². The second-order valence-corrected chi connectivity index (χ2v) is 6.88. The number of nitrogens with one attached hydrogen (secondary N) is 2. The Balaban J connectivity index is 1.49. The Labute approximate surface area is 169 Å². The largest absolute Gasteiger partial charge is 0.377 e. The van der Waals surface area contributed by atoms with E-state index in [0.29, 0.717) is 30.9 Å². The van der Waals surface area contributed by atoms with Crippen molar-refractivity contribution in [3.05, 3.63) is 77.1 Å². The van der Waals surface area contributed by atoms with Crippen molar-refractivity contribution in [2.45, 2.75) is 13.0 Å². The number of carbonyl (C=O) groups is 2. The third-order valence-electron chi connectivity index (χ3n) is 4.53. The Hall–Kier alpha value is -3.19. The molecule has 2 N–H and O–H groups in total. The van der Waals surface area contributed by atoms with Crippen molar-refractivity contribution >= 4 is 17.6 Å². The van der Waals surface area contributed by atoms with Crippen LogP contribution in [0, 0.1) is 5.82 Å². The molecule has 0 fully saturated rings. The summed E-state index contributed by atoms with van der Waals surface area (Å²) in [7, 11) is 1.72. The molecule has 1 heterocycles. The van der Waals surface area contributed by atoms with Gasteiger partial charge in [0.2, 0.25) is 0 Å². The number of amides is 3. The first kappa shape index (κ1) is 20.5. The third-order valence-corrected chi connectivity index (χ3v) is 4.53. The van der Waals surface area contributed by atoms with Gasteiger partial charge in [-0.3, -0.25) is 4.79 Å². The fraction of sp³-hybridized carbons (Fsp3) is 0.273. The summed E-state index contributed by atoms with van der Waals surface area (Å²) in [5, 5.41) is 5.60. The highest BCUT2D eigenvalue weighted by molar-refractivity contribution is 5.95. The number of ether oxygens (including phenoxy) is 1. The van der Waals surface area contributed by atoms with Crippen molar-refractivity contribution in [3.8, 4) is 0 Å². The first-order valence-electron chi connectivity index (χ1n) is 9.42. The minimum absolute atomic E-state index is 0.231.